The molecule has 0 aromatic carbocycles. The van der Waals surface area contributed by atoms with Gasteiger partial charge in [0.1, 0.15) is 5.54 Å². The van der Waals surface area contributed by atoms with Gasteiger partial charge in [-0.3, -0.25) is 4.79 Å². The van der Waals surface area contributed by atoms with Gasteiger partial charge in [-0.15, -0.1) is 0 Å². The van der Waals surface area contributed by atoms with Crippen molar-refractivity contribution in [3.05, 3.63) is 0 Å². The molecular formula is C10H16F3NO4S. The molecule has 0 heterocycles. The summed E-state index contributed by atoms with van der Waals surface area (Å²) in [6.07, 6.45) is 1.32. The quantitative estimate of drug-likeness (QED) is 0.830. The zero-order valence-corrected chi connectivity index (χ0v) is 11.1. The molecule has 1 fully saturated rings. The van der Waals surface area contributed by atoms with Crippen LogP contribution in [0.5, 0.6) is 0 Å². The lowest BCUT2D eigenvalue weighted by Gasteiger charge is -2.36. The largest absolute Gasteiger partial charge is 0.511 e. The van der Waals surface area contributed by atoms with Gasteiger partial charge in [0.15, 0.2) is 0 Å². The first-order valence-corrected chi connectivity index (χ1v) is 7.36. The number of halogens is 3. The summed E-state index contributed by atoms with van der Waals surface area (Å²) in [6, 6.07) is 0. The maximum absolute atomic E-state index is 12.3. The van der Waals surface area contributed by atoms with E-state index in [1.165, 1.54) is 4.72 Å². The molecule has 1 rings (SSSR count). The summed E-state index contributed by atoms with van der Waals surface area (Å²) < 4.78 is 60.5. The van der Waals surface area contributed by atoms with Gasteiger partial charge in [-0.05, 0) is 31.6 Å². The lowest BCUT2D eigenvalue weighted by atomic mass is 9.76. The number of hydrogen-bond acceptors (Lipinski definition) is 3. The zero-order chi connectivity index (χ0) is 14.9. The van der Waals surface area contributed by atoms with Crippen molar-refractivity contribution in [2.24, 2.45) is 5.92 Å². The Kier molecular flexibility index (Phi) is 4.51. The van der Waals surface area contributed by atoms with E-state index >= 15 is 0 Å². The zero-order valence-electron chi connectivity index (χ0n) is 10.3. The molecule has 0 radical (unpaired) electrons. The Labute approximate surface area is 109 Å². The van der Waals surface area contributed by atoms with E-state index in [1.807, 2.05) is 6.92 Å². The van der Waals surface area contributed by atoms with Crippen molar-refractivity contribution in [3.8, 4) is 0 Å². The minimum Gasteiger partial charge on any atom is -0.480 e. The standard InChI is InChI=1S/C10H16F3NO4S/c1-2-7-3-5-9(6-4-7,8(15)16)14-19(17,18)10(11,12)13/h7,14H,2-6H2,1H3,(H,15,16). The van der Waals surface area contributed by atoms with E-state index in [0.717, 1.165) is 6.42 Å². The van der Waals surface area contributed by atoms with Gasteiger partial charge < -0.3 is 5.11 Å². The predicted molar refractivity (Wildman–Crippen MR) is 60.7 cm³/mol. The Morgan fingerprint density at radius 1 is 1.37 bits per heavy atom. The van der Waals surface area contributed by atoms with Crippen LogP contribution in [0.2, 0.25) is 0 Å². The van der Waals surface area contributed by atoms with Gasteiger partial charge in [0, 0.05) is 0 Å². The molecule has 0 amide bonds. The summed E-state index contributed by atoms with van der Waals surface area (Å²) >= 11 is 0. The van der Waals surface area contributed by atoms with Gasteiger partial charge in [0.05, 0.1) is 0 Å². The monoisotopic (exact) mass is 303 g/mol. The Morgan fingerprint density at radius 2 is 1.84 bits per heavy atom. The van der Waals surface area contributed by atoms with Crippen LogP contribution < -0.4 is 4.72 Å². The fourth-order valence-electron chi connectivity index (χ4n) is 2.25. The Hall–Kier alpha value is -0.830. The Balaban J connectivity index is 2.96. The highest BCUT2D eigenvalue weighted by Gasteiger charge is 2.53. The van der Waals surface area contributed by atoms with Crippen LogP contribution in [0.25, 0.3) is 0 Å². The minimum atomic E-state index is -5.66. The Morgan fingerprint density at radius 3 is 2.16 bits per heavy atom. The number of carbonyl (C=O) groups is 1. The second-order valence-electron chi connectivity index (χ2n) is 4.79. The summed E-state index contributed by atoms with van der Waals surface area (Å²) in [5, 5.41) is 9.08. The van der Waals surface area contributed by atoms with Crippen LogP contribution in [0.3, 0.4) is 0 Å². The van der Waals surface area contributed by atoms with Crippen molar-refractivity contribution in [2.45, 2.75) is 50.1 Å². The van der Waals surface area contributed by atoms with Crippen molar-refractivity contribution in [1.29, 1.82) is 0 Å². The topological polar surface area (TPSA) is 83.5 Å². The molecule has 0 spiro atoms. The van der Waals surface area contributed by atoms with Gasteiger partial charge in [-0.25, -0.2) is 8.42 Å². The number of rotatable bonds is 4. The summed E-state index contributed by atoms with van der Waals surface area (Å²) in [7, 11) is -5.66. The predicted octanol–water partition coefficient (Wildman–Crippen LogP) is 1.85. The van der Waals surface area contributed by atoms with Crippen LogP contribution in [-0.4, -0.2) is 30.5 Å². The highest BCUT2D eigenvalue weighted by molar-refractivity contribution is 7.90. The van der Waals surface area contributed by atoms with E-state index < -0.39 is 27.0 Å². The smallest absolute Gasteiger partial charge is 0.480 e. The molecule has 1 aliphatic carbocycles. The molecule has 9 heteroatoms. The van der Waals surface area contributed by atoms with Gasteiger partial charge in [0.2, 0.25) is 0 Å². The first-order valence-electron chi connectivity index (χ1n) is 5.88. The molecule has 19 heavy (non-hydrogen) atoms. The number of alkyl halides is 3. The second-order valence-corrected chi connectivity index (χ2v) is 6.46. The summed E-state index contributed by atoms with van der Waals surface area (Å²) in [4.78, 5) is 11.2. The molecule has 0 aliphatic heterocycles. The van der Waals surface area contributed by atoms with Crippen molar-refractivity contribution < 1.29 is 31.5 Å². The lowest BCUT2D eigenvalue weighted by Crippen LogP contribution is -2.58. The molecule has 0 saturated heterocycles. The van der Waals surface area contributed by atoms with E-state index in [2.05, 4.69) is 0 Å². The van der Waals surface area contributed by atoms with Crippen molar-refractivity contribution >= 4 is 16.0 Å². The molecule has 2 N–H and O–H groups in total. The number of carboxylic acid groups (broad SMARTS) is 1. The average Bonchev–Trinajstić information content (AvgIpc) is 2.27. The molecule has 5 nitrogen and oxygen atoms in total. The van der Waals surface area contributed by atoms with Crippen molar-refractivity contribution in [1.82, 2.24) is 4.72 Å². The maximum Gasteiger partial charge on any atom is 0.511 e. The van der Waals surface area contributed by atoms with Crippen LogP contribution in [0, 0.1) is 5.92 Å². The highest BCUT2D eigenvalue weighted by atomic mass is 32.2. The minimum absolute atomic E-state index is 0.129. The van der Waals surface area contributed by atoms with Gasteiger partial charge >= 0.3 is 21.5 Å². The van der Waals surface area contributed by atoms with Crippen LogP contribution in [0.4, 0.5) is 13.2 Å². The third-order valence-corrected chi connectivity index (χ3v) is 4.85. The van der Waals surface area contributed by atoms with Crippen LogP contribution in [0.1, 0.15) is 39.0 Å². The third kappa shape index (κ3) is 3.38. The molecule has 0 bridgehead atoms. The molecule has 1 saturated carbocycles. The molecule has 112 valence electrons. The van der Waals surface area contributed by atoms with E-state index in [4.69, 9.17) is 5.11 Å². The first kappa shape index (κ1) is 16.2. The molecule has 0 aromatic rings. The number of aliphatic carboxylic acids is 1. The number of carboxylic acids is 1. The van der Waals surface area contributed by atoms with E-state index in [9.17, 15) is 26.4 Å². The molecular weight excluding hydrogens is 287 g/mol. The normalized spacial score (nSPS) is 29.2. The van der Waals surface area contributed by atoms with E-state index in [1.54, 1.807) is 0 Å². The van der Waals surface area contributed by atoms with Crippen LogP contribution in [0.15, 0.2) is 0 Å². The molecule has 0 aromatic heterocycles. The number of sulfonamides is 1. The van der Waals surface area contributed by atoms with Crippen molar-refractivity contribution in [2.75, 3.05) is 0 Å². The lowest BCUT2D eigenvalue weighted by molar-refractivity contribution is -0.146. The highest BCUT2D eigenvalue weighted by Crippen LogP contribution is 2.36. The summed E-state index contributed by atoms with van der Waals surface area (Å²) in [6.45, 7) is 1.90. The van der Waals surface area contributed by atoms with Gasteiger partial charge in [-0.2, -0.15) is 17.9 Å². The first-order chi connectivity index (χ1) is 8.54. The van der Waals surface area contributed by atoms with E-state index in [-0.39, 0.29) is 18.8 Å². The molecule has 0 atom stereocenters. The third-order valence-electron chi connectivity index (χ3n) is 3.58. The van der Waals surface area contributed by atoms with E-state index in [0.29, 0.717) is 12.8 Å². The number of nitrogens with one attached hydrogen (secondary N) is 1. The fourth-order valence-corrected chi connectivity index (χ4v) is 3.17. The van der Waals surface area contributed by atoms with Crippen molar-refractivity contribution in [3.63, 3.8) is 0 Å². The van der Waals surface area contributed by atoms with Gasteiger partial charge in [-0.1, -0.05) is 13.3 Å². The Bertz CT molecular complexity index is 438. The SMILES string of the molecule is CCC1CCC(NS(=O)(=O)C(F)(F)F)(C(=O)O)CC1. The van der Waals surface area contributed by atoms with Crippen LogP contribution in [-0.2, 0) is 14.8 Å². The summed E-state index contributed by atoms with van der Waals surface area (Å²) in [5.74, 6) is -1.34. The van der Waals surface area contributed by atoms with Crippen LogP contribution >= 0.6 is 0 Å². The van der Waals surface area contributed by atoms with Gasteiger partial charge in [0.25, 0.3) is 0 Å². The average molecular weight is 303 g/mol. The fraction of sp³-hybridized carbons (Fsp3) is 0.900. The summed E-state index contributed by atoms with van der Waals surface area (Å²) in [5.41, 5.74) is -7.54. The second kappa shape index (κ2) is 5.28. The number of hydrogen-bond donors (Lipinski definition) is 2. The molecule has 1 aliphatic rings. The maximum atomic E-state index is 12.3. The molecule has 0 unspecified atom stereocenters.